The third-order valence-electron chi connectivity index (χ3n) is 5.11. The molecule has 0 saturated heterocycles. The number of nitrogens with zero attached hydrogens (tertiary/aromatic N) is 2. The number of rotatable bonds is 6. The topological polar surface area (TPSA) is 49.9 Å². The molecule has 1 fully saturated rings. The minimum Gasteiger partial charge on any atom is -0.447 e. The first kappa shape index (κ1) is 20.4. The van der Waals surface area contributed by atoms with E-state index >= 15 is 0 Å². The molecule has 1 unspecified atom stereocenters. The van der Waals surface area contributed by atoms with Gasteiger partial charge in [-0.15, -0.1) is 11.3 Å². The third kappa shape index (κ3) is 4.73. The lowest BCUT2D eigenvalue weighted by Gasteiger charge is -2.35. The van der Waals surface area contributed by atoms with E-state index in [1.807, 2.05) is 60.3 Å². The fourth-order valence-corrected chi connectivity index (χ4v) is 4.73. The zero-order chi connectivity index (χ0) is 20.1. The number of amides is 1. The molecule has 1 aromatic heterocycles. The highest BCUT2D eigenvalue weighted by atomic mass is 32.1. The number of hydrogen-bond acceptors (Lipinski definition) is 5. The summed E-state index contributed by atoms with van der Waals surface area (Å²) in [4.78, 5) is 29.4. The van der Waals surface area contributed by atoms with Gasteiger partial charge < -0.3 is 9.64 Å². The number of benzene rings is 1. The van der Waals surface area contributed by atoms with Crippen molar-refractivity contribution in [2.45, 2.75) is 51.2 Å². The summed E-state index contributed by atoms with van der Waals surface area (Å²) in [6.07, 6.45) is 4.46. The van der Waals surface area contributed by atoms with Gasteiger partial charge in [0, 0.05) is 43.7 Å². The molecule has 150 valence electrons. The quantitative estimate of drug-likeness (QED) is 0.655. The Kier molecular flexibility index (Phi) is 6.73. The van der Waals surface area contributed by atoms with E-state index in [2.05, 4.69) is 5.38 Å². The van der Waals surface area contributed by atoms with Crippen molar-refractivity contribution in [3.8, 4) is 0 Å². The molecule has 6 heteroatoms. The van der Waals surface area contributed by atoms with E-state index in [9.17, 15) is 9.59 Å². The Labute approximate surface area is 170 Å². The predicted octanol–water partition coefficient (Wildman–Crippen LogP) is 4.78. The van der Waals surface area contributed by atoms with Crippen LogP contribution in [0.5, 0.6) is 0 Å². The van der Waals surface area contributed by atoms with Gasteiger partial charge >= 0.3 is 5.97 Å². The smallest absolute Gasteiger partial charge is 0.303 e. The van der Waals surface area contributed by atoms with Crippen LogP contribution in [0.15, 0.2) is 41.8 Å². The molecule has 0 radical (unpaired) electrons. The maximum atomic E-state index is 13.7. The first-order valence-corrected chi connectivity index (χ1v) is 10.7. The molecule has 1 saturated carbocycles. The molecule has 3 rings (SSSR count). The summed E-state index contributed by atoms with van der Waals surface area (Å²) < 4.78 is 5.51. The molecule has 0 N–H and O–H groups in total. The SMILES string of the molecule is CC(=O)OC(C(=O)N(c1cc(N(C)C)cs1)C1CCCCC1)c1ccccc1. The minimum absolute atomic E-state index is 0.136. The van der Waals surface area contributed by atoms with Gasteiger partial charge in [-0.05, 0) is 18.9 Å². The average molecular weight is 401 g/mol. The van der Waals surface area contributed by atoms with E-state index < -0.39 is 12.1 Å². The molecule has 0 bridgehead atoms. The summed E-state index contributed by atoms with van der Waals surface area (Å²) in [7, 11) is 3.98. The summed E-state index contributed by atoms with van der Waals surface area (Å²) in [6, 6.07) is 11.5. The van der Waals surface area contributed by atoms with E-state index in [-0.39, 0.29) is 11.9 Å². The summed E-state index contributed by atoms with van der Waals surface area (Å²) in [5, 5.41) is 2.97. The molecule has 5 nitrogen and oxygen atoms in total. The highest BCUT2D eigenvalue weighted by Gasteiger charge is 2.35. The molecule has 1 amide bonds. The van der Waals surface area contributed by atoms with Crippen LogP contribution in [-0.2, 0) is 14.3 Å². The number of hydrogen-bond donors (Lipinski definition) is 0. The minimum atomic E-state index is -0.925. The fraction of sp³-hybridized carbons (Fsp3) is 0.455. The number of carbonyl (C=O) groups excluding carboxylic acids is 2. The number of carbonyl (C=O) groups is 2. The van der Waals surface area contributed by atoms with Crippen LogP contribution in [0, 0.1) is 0 Å². The molecular formula is C22H28N2O3S. The van der Waals surface area contributed by atoms with Gasteiger partial charge in [0.25, 0.3) is 5.91 Å². The van der Waals surface area contributed by atoms with Crippen LogP contribution in [0.4, 0.5) is 10.7 Å². The lowest BCUT2D eigenvalue weighted by molar-refractivity contribution is -0.153. The predicted molar refractivity (Wildman–Crippen MR) is 114 cm³/mol. The standard InChI is InChI=1S/C22H28N2O3S/c1-16(25)27-21(17-10-6-4-7-11-17)22(26)24(18-12-8-5-9-13-18)20-14-19(15-28-20)23(2)3/h4,6-7,10-11,14-15,18,21H,5,8-9,12-13H2,1-3H3. The number of anilines is 2. The van der Waals surface area contributed by atoms with Crippen molar-refractivity contribution in [1.29, 1.82) is 0 Å². The van der Waals surface area contributed by atoms with E-state index in [0.717, 1.165) is 36.4 Å². The van der Waals surface area contributed by atoms with Gasteiger partial charge in [0.2, 0.25) is 6.10 Å². The Morgan fingerprint density at radius 1 is 1.11 bits per heavy atom. The maximum absolute atomic E-state index is 13.7. The highest BCUT2D eigenvalue weighted by molar-refractivity contribution is 7.14. The van der Waals surface area contributed by atoms with Gasteiger partial charge in [-0.2, -0.15) is 0 Å². The van der Waals surface area contributed by atoms with E-state index in [1.54, 1.807) is 11.3 Å². The monoisotopic (exact) mass is 400 g/mol. The first-order chi connectivity index (χ1) is 13.5. The summed E-state index contributed by atoms with van der Waals surface area (Å²) in [6.45, 7) is 1.35. The molecule has 0 spiro atoms. The molecule has 0 aliphatic heterocycles. The van der Waals surface area contributed by atoms with E-state index in [4.69, 9.17) is 4.74 Å². The highest BCUT2D eigenvalue weighted by Crippen LogP contribution is 2.37. The second-order valence-electron chi connectivity index (χ2n) is 7.44. The van der Waals surface area contributed by atoms with Crippen LogP contribution in [0.25, 0.3) is 0 Å². The van der Waals surface area contributed by atoms with Crippen LogP contribution in [-0.4, -0.2) is 32.0 Å². The maximum Gasteiger partial charge on any atom is 0.303 e. The van der Waals surface area contributed by atoms with Crippen molar-refractivity contribution in [3.63, 3.8) is 0 Å². The Morgan fingerprint density at radius 2 is 1.79 bits per heavy atom. The summed E-state index contributed by atoms with van der Waals surface area (Å²) in [5.41, 5.74) is 1.77. The average Bonchev–Trinajstić information content (AvgIpc) is 3.17. The Morgan fingerprint density at radius 3 is 2.36 bits per heavy atom. The zero-order valence-electron chi connectivity index (χ0n) is 16.8. The number of thiophene rings is 1. The molecule has 2 aromatic rings. The molecule has 28 heavy (non-hydrogen) atoms. The van der Waals surface area contributed by atoms with Crippen LogP contribution < -0.4 is 9.80 Å². The van der Waals surface area contributed by atoms with Crippen molar-refractivity contribution in [3.05, 3.63) is 47.3 Å². The van der Waals surface area contributed by atoms with Gasteiger partial charge in [0.1, 0.15) is 0 Å². The van der Waals surface area contributed by atoms with Crippen molar-refractivity contribution >= 4 is 33.9 Å². The van der Waals surface area contributed by atoms with Gasteiger partial charge in [0.15, 0.2) is 0 Å². The largest absolute Gasteiger partial charge is 0.447 e. The van der Waals surface area contributed by atoms with Crippen molar-refractivity contribution in [2.75, 3.05) is 23.9 Å². The third-order valence-corrected chi connectivity index (χ3v) is 6.03. The Balaban J connectivity index is 1.98. The lowest BCUT2D eigenvalue weighted by Crippen LogP contribution is -2.44. The van der Waals surface area contributed by atoms with Crippen molar-refractivity contribution in [1.82, 2.24) is 0 Å². The number of esters is 1. The summed E-state index contributed by atoms with van der Waals surface area (Å²) >= 11 is 1.56. The molecule has 1 aromatic carbocycles. The fourth-order valence-electron chi connectivity index (χ4n) is 3.67. The van der Waals surface area contributed by atoms with Crippen LogP contribution >= 0.6 is 11.3 Å². The van der Waals surface area contributed by atoms with Gasteiger partial charge in [-0.1, -0.05) is 49.6 Å². The van der Waals surface area contributed by atoms with Gasteiger partial charge in [-0.3, -0.25) is 14.5 Å². The van der Waals surface area contributed by atoms with Crippen LogP contribution in [0.1, 0.15) is 50.7 Å². The molecule has 1 atom stereocenters. The summed E-state index contributed by atoms with van der Waals surface area (Å²) in [5.74, 6) is -0.619. The van der Waals surface area contributed by atoms with Gasteiger partial charge in [-0.25, -0.2) is 0 Å². The van der Waals surface area contributed by atoms with E-state index in [0.29, 0.717) is 5.56 Å². The second kappa shape index (κ2) is 9.24. The van der Waals surface area contributed by atoms with Crippen molar-refractivity contribution in [2.24, 2.45) is 0 Å². The van der Waals surface area contributed by atoms with Crippen LogP contribution in [0.2, 0.25) is 0 Å². The van der Waals surface area contributed by atoms with Crippen LogP contribution in [0.3, 0.4) is 0 Å². The lowest BCUT2D eigenvalue weighted by atomic mass is 9.93. The van der Waals surface area contributed by atoms with E-state index in [1.165, 1.54) is 13.3 Å². The zero-order valence-corrected chi connectivity index (χ0v) is 17.6. The molecule has 1 aliphatic rings. The normalized spacial score (nSPS) is 15.7. The molecule has 1 aliphatic carbocycles. The molecule has 1 heterocycles. The van der Waals surface area contributed by atoms with Gasteiger partial charge in [0.05, 0.1) is 5.00 Å². The Hall–Kier alpha value is -2.34. The molecular weight excluding hydrogens is 372 g/mol. The van der Waals surface area contributed by atoms with Crippen molar-refractivity contribution < 1.29 is 14.3 Å². The first-order valence-electron chi connectivity index (χ1n) is 9.78. The Bertz CT molecular complexity index is 797. The number of ether oxygens (including phenoxy) is 1. The second-order valence-corrected chi connectivity index (χ2v) is 8.33.